The van der Waals surface area contributed by atoms with Crippen LogP contribution in [-0.2, 0) is 16.1 Å². The van der Waals surface area contributed by atoms with Gasteiger partial charge in [0.1, 0.15) is 17.5 Å². The van der Waals surface area contributed by atoms with Crippen molar-refractivity contribution < 1.29 is 28.7 Å². The number of amides is 2. The van der Waals surface area contributed by atoms with E-state index < -0.39 is 16.9 Å². The van der Waals surface area contributed by atoms with Gasteiger partial charge in [-0.2, -0.15) is 0 Å². The highest BCUT2D eigenvalue weighted by Gasteiger charge is 2.29. The smallest absolute Gasteiger partial charge is 0.311 e. The summed E-state index contributed by atoms with van der Waals surface area (Å²) >= 11 is 0. The Morgan fingerprint density at radius 2 is 1.86 bits per heavy atom. The molecule has 0 saturated carbocycles. The highest BCUT2D eigenvalue weighted by Crippen LogP contribution is 2.30. The molecule has 2 amide bonds. The number of hydrogen-bond donors (Lipinski definition) is 1. The minimum atomic E-state index is -0.694. The molecule has 0 aromatic heterocycles. The van der Waals surface area contributed by atoms with Crippen LogP contribution >= 0.6 is 0 Å². The van der Waals surface area contributed by atoms with E-state index in [4.69, 9.17) is 14.2 Å². The second-order valence-corrected chi connectivity index (χ2v) is 7.82. The van der Waals surface area contributed by atoms with Crippen molar-refractivity contribution in [2.24, 2.45) is 0 Å². The first-order chi connectivity index (χ1) is 16.8. The van der Waals surface area contributed by atoms with Gasteiger partial charge in [0.2, 0.25) is 11.7 Å². The van der Waals surface area contributed by atoms with Gasteiger partial charge in [0.05, 0.1) is 19.1 Å². The Labute approximate surface area is 205 Å². The molecule has 2 aromatic carbocycles. The summed E-state index contributed by atoms with van der Waals surface area (Å²) in [6.45, 7) is 4.24. The van der Waals surface area contributed by atoms with Gasteiger partial charge < -0.3 is 24.4 Å². The van der Waals surface area contributed by atoms with Gasteiger partial charge in [-0.15, -0.1) is 0 Å². The number of ether oxygens (including phenoxy) is 3. The topological polar surface area (TPSA) is 120 Å². The zero-order valence-electron chi connectivity index (χ0n) is 20.6. The summed E-state index contributed by atoms with van der Waals surface area (Å²) in [5.41, 5.74) is 0.593. The maximum absolute atomic E-state index is 13.3. The highest BCUT2D eigenvalue weighted by atomic mass is 16.6. The van der Waals surface area contributed by atoms with Crippen LogP contribution in [0.25, 0.3) is 0 Å². The van der Waals surface area contributed by atoms with Crippen molar-refractivity contribution >= 4 is 17.5 Å². The molecule has 0 aliphatic carbocycles. The van der Waals surface area contributed by atoms with Crippen molar-refractivity contribution in [2.75, 3.05) is 27.4 Å². The van der Waals surface area contributed by atoms with Crippen LogP contribution in [0.1, 0.15) is 38.7 Å². The molecule has 0 saturated heterocycles. The zero-order valence-corrected chi connectivity index (χ0v) is 20.6. The van der Waals surface area contributed by atoms with Crippen molar-refractivity contribution in [1.29, 1.82) is 0 Å². The van der Waals surface area contributed by atoms with E-state index >= 15 is 0 Å². The van der Waals surface area contributed by atoms with Crippen molar-refractivity contribution in [2.45, 2.75) is 45.7 Å². The first-order valence-electron chi connectivity index (χ1n) is 11.5. The van der Waals surface area contributed by atoms with Crippen LogP contribution < -0.4 is 19.5 Å². The van der Waals surface area contributed by atoms with Crippen LogP contribution in [0.5, 0.6) is 17.2 Å². The van der Waals surface area contributed by atoms with E-state index in [1.54, 1.807) is 13.2 Å². The lowest BCUT2D eigenvalue weighted by molar-refractivity contribution is -0.385. The fraction of sp³-hybridized carbons (Fsp3) is 0.440. The second-order valence-electron chi connectivity index (χ2n) is 7.82. The largest absolute Gasteiger partial charge is 0.497 e. The molecule has 0 aliphatic heterocycles. The zero-order chi connectivity index (χ0) is 25.8. The van der Waals surface area contributed by atoms with E-state index in [-0.39, 0.29) is 36.2 Å². The van der Waals surface area contributed by atoms with Gasteiger partial charge in [-0.3, -0.25) is 19.7 Å². The normalized spacial score (nSPS) is 11.3. The fourth-order valence-corrected chi connectivity index (χ4v) is 3.52. The third-order valence-electron chi connectivity index (χ3n) is 5.41. The number of carbonyl (C=O) groups excluding carboxylic acids is 2. The Kier molecular flexibility index (Phi) is 10.8. The van der Waals surface area contributed by atoms with Crippen LogP contribution in [-0.4, -0.2) is 55.1 Å². The number of unbranched alkanes of at least 4 members (excludes halogenated alkanes) is 1. The molecule has 0 bridgehead atoms. The van der Waals surface area contributed by atoms with Crippen LogP contribution in [0.3, 0.4) is 0 Å². The predicted octanol–water partition coefficient (Wildman–Crippen LogP) is 3.71. The molecule has 10 heteroatoms. The molecule has 1 atom stereocenters. The maximum atomic E-state index is 13.3. The van der Waals surface area contributed by atoms with Crippen molar-refractivity contribution in [3.05, 3.63) is 58.1 Å². The van der Waals surface area contributed by atoms with Crippen LogP contribution in [0.4, 0.5) is 5.69 Å². The number of methoxy groups -OCH3 is 2. The second kappa shape index (κ2) is 13.8. The first-order valence-corrected chi connectivity index (χ1v) is 11.5. The summed E-state index contributed by atoms with van der Waals surface area (Å²) in [5, 5.41) is 14.0. The van der Waals surface area contributed by atoms with E-state index in [2.05, 4.69) is 5.32 Å². The molecule has 35 heavy (non-hydrogen) atoms. The predicted molar refractivity (Wildman–Crippen MR) is 131 cm³/mol. The first kappa shape index (κ1) is 27.4. The summed E-state index contributed by atoms with van der Waals surface area (Å²) in [6.07, 6.45) is 2.20. The van der Waals surface area contributed by atoms with E-state index in [9.17, 15) is 19.7 Å². The van der Waals surface area contributed by atoms with Crippen molar-refractivity contribution in [3.8, 4) is 17.2 Å². The Balaban J connectivity index is 2.24. The molecule has 0 radical (unpaired) electrons. The molecule has 1 unspecified atom stereocenters. The third kappa shape index (κ3) is 7.87. The Morgan fingerprint density at radius 1 is 1.09 bits per heavy atom. The van der Waals surface area contributed by atoms with Gasteiger partial charge >= 0.3 is 5.69 Å². The molecule has 1 N–H and O–H groups in total. The lowest BCUT2D eigenvalue weighted by Crippen LogP contribution is -2.50. The van der Waals surface area contributed by atoms with Crippen molar-refractivity contribution in [1.82, 2.24) is 10.2 Å². The van der Waals surface area contributed by atoms with Gasteiger partial charge in [-0.05, 0) is 36.6 Å². The van der Waals surface area contributed by atoms with Crippen LogP contribution in [0.15, 0.2) is 42.5 Å². The van der Waals surface area contributed by atoms with Gasteiger partial charge in [-0.25, -0.2) is 0 Å². The van der Waals surface area contributed by atoms with Gasteiger partial charge in [0, 0.05) is 25.2 Å². The minimum Gasteiger partial charge on any atom is -0.497 e. The molecule has 190 valence electrons. The number of benzene rings is 2. The molecule has 2 rings (SSSR count). The highest BCUT2D eigenvalue weighted by molar-refractivity contribution is 5.88. The lowest BCUT2D eigenvalue weighted by Gasteiger charge is -2.30. The van der Waals surface area contributed by atoms with E-state index in [1.165, 1.54) is 30.2 Å². The van der Waals surface area contributed by atoms with Gasteiger partial charge in [0.15, 0.2) is 6.61 Å². The minimum absolute atomic E-state index is 0.0231. The van der Waals surface area contributed by atoms with E-state index in [0.717, 1.165) is 18.4 Å². The number of nitro groups is 1. The average molecular weight is 488 g/mol. The maximum Gasteiger partial charge on any atom is 0.311 e. The fourth-order valence-electron chi connectivity index (χ4n) is 3.52. The van der Waals surface area contributed by atoms with Crippen molar-refractivity contribution in [3.63, 3.8) is 0 Å². The summed E-state index contributed by atoms with van der Waals surface area (Å²) in [6, 6.07) is 10.6. The van der Waals surface area contributed by atoms with E-state index in [0.29, 0.717) is 18.7 Å². The number of rotatable bonds is 14. The van der Waals surface area contributed by atoms with Gasteiger partial charge in [-0.1, -0.05) is 32.4 Å². The van der Waals surface area contributed by atoms with Gasteiger partial charge in [0.25, 0.3) is 5.91 Å². The Hall–Kier alpha value is -3.82. The average Bonchev–Trinajstić information content (AvgIpc) is 2.87. The lowest BCUT2D eigenvalue weighted by atomic mass is 10.1. The van der Waals surface area contributed by atoms with Crippen LogP contribution in [0.2, 0.25) is 0 Å². The summed E-state index contributed by atoms with van der Waals surface area (Å²) in [4.78, 5) is 38.2. The standard InChI is InChI=1S/C25H33N3O7/c1-5-7-13-26-25(30)21(6-2)27(16-18-9-8-10-19(14-18)33-3)24(29)17-35-20-11-12-22(28(31)32)23(15-20)34-4/h8-12,14-15,21H,5-7,13,16-17H2,1-4H3,(H,26,30). The summed E-state index contributed by atoms with van der Waals surface area (Å²) < 4.78 is 16.0. The molecular weight excluding hydrogens is 454 g/mol. The molecule has 2 aromatic rings. The SMILES string of the molecule is CCCCNC(=O)C(CC)N(Cc1cccc(OC)c1)C(=O)COc1ccc([N+](=O)[O-])c(OC)c1. The molecule has 10 nitrogen and oxygen atoms in total. The summed E-state index contributed by atoms with van der Waals surface area (Å²) in [7, 11) is 2.88. The van der Waals surface area contributed by atoms with E-state index in [1.807, 2.05) is 32.0 Å². The molecule has 0 fully saturated rings. The monoisotopic (exact) mass is 487 g/mol. The number of nitro benzene ring substituents is 1. The Bertz CT molecular complexity index is 1010. The summed E-state index contributed by atoms with van der Waals surface area (Å²) in [5.74, 6) is 0.277. The van der Waals surface area contributed by atoms with Crippen LogP contribution in [0, 0.1) is 10.1 Å². The quantitative estimate of drug-likeness (QED) is 0.245. The third-order valence-corrected chi connectivity index (χ3v) is 5.41. The number of hydrogen-bond acceptors (Lipinski definition) is 7. The molecule has 0 spiro atoms. The molecule has 0 aliphatic rings. The molecule has 0 heterocycles. The number of nitrogens with zero attached hydrogens (tertiary/aromatic N) is 2. The molecular formula is C25H33N3O7. The number of nitrogens with one attached hydrogen (secondary N) is 1. The Morgan fingerprint density at radius 3 is 2.49 bits per heavy atom. The number of carbonyl (C=O) groups is 2.